The summed E-state index contributed by atoms with van der Waals surface area (Å²) in [7, 11) is 1.52. The molecule has 0 saturated heterocycles. The summed E-state index contributed by atoms with van der Waals surface area (Å²) in [6.07, 6.45) is -0.325. The third kappa shape index (κ3) is 9.16. The van der Waals surface area contributed by atoms with E-state index in [1.807, 2.05) is 34.6 Å². The van der Waals surface area contributed by atoms with Crippen molar-refractivity contribution in [3.63, 3.8) is 0 Å². The molecular formula is C24H39N3O5. The molecule has 0 bridgehead atoms. The number of rotatable bonds is 7. The summed E-state index contributed by atoms with van der Waals surface area (Å²) in [6.45, 7) is 14.6. The average molecular weight is 450 g/mol. The second-order valence-corrected chi connectivity index (χ2v) is 10.5. The summed E-state index contributed by atoms with van der Waals surface area (Å²) in [5, 5.41) is 15.5. The average Bonchev–Trinajstić information content (AvgIpc) is 2.57. The van der Waals surface area contributed by atoms with Gasteiger partial charge in [0.05, 0.1) is 0 Å². The van der Waals surface area contributed by atoms with Crippen LogP contribution in [0.1, 0.15) is 73.4 Å². The number of aromatic hydroxyl groups is 1. The maximum atomic E-state index is 13.5. The number of hydrogen-bond acceptors (Lipinski definition) is 5. The van der Waals surface area contributed by atoms with Gasteiger partial charge in [-0.1, -0.05) is 26.0 Å². The molecule has 2 unspecified atom stereocenters. The highest BCUT2D eigenvalue weighted by atomic mass is 16.6. The topological polar surface area (TPSA) is 108 Å². The number of nitrogens with one attached hydrogen (secondary N) is 2. The van der Waals surface area contributed by atoms with Crippen LogP contribution in [0, 0.1) is 5.92 Å². The second-order valence-electron chi connectivity index (χ2n) is 10.5. The maximum absolute atomic E-state index is 13.5. The minimum absolute atomic E-state index is 0.0116. The molecule has 0 fully saturated rings. The summed E-state index contributed by atoms with van der Waals surface area (Å²) in [4.78, 5) is 40.3. The van der Waals surface area contributed by atoms with Crippen LogP contribution in [0.2, 0.25) is 0 Å². The van der Waals surface area contributed by atoms with Gasteiger partial charge in [0.2, 0.25) is 11.8 Å². The molecule has 0 spiro atoms. The predicted molar refractivity (Wildman–Crippen MR) is 124 cm³/mol. The molecular weight excluding hydrogens is 410 g/mol. The number of phenolic OH excluding ortho intramolecular Hbond substituents is 1. The van der Waals surface area contributed by atoms with Gasteiger partial charge in [-0.05, 0) is 71.6 Å². The Hall–Kier alpha value is -2.77. The molecule has 3 amide bonds. The Morgan fingerprint density at radius 3 is 2.16 bits per heavy atom. The maximum Gasteiger partial charge on any atom is 0.408 e. The Kier molecular flexibility index (Phi) is 9.12. The molecule has 180 valence electrons. The number of amides is 3. The second kappa shape index (κ2) is 10.7. The van der Waals surface area contributed by atoms with E-state index >= 15 is 0 Å². The molecule has 0 heterocycles. The SMILES string of the molecule is CC(C)CC(NC(=O)OC(C)(C)C)C(=O)N(C)C(C(=O)NC(C)(C)C)c1cccc(O)c1. The Bertz CT molecular complexity index is 809. The van der Waals surface area contributed by atoms with Crippen molar-refractivity contribution in [2.75, 3.05) is 7.05 Å². The summed E-state index contributed by atoms with van der Waals surface area (Å²) in [6, 6.07) is 4.37. The Morgan fingerprint density at radius 2 is 1.69 bits per heavy atom. The summed E-state index contributed by atoms with van der Waals surface area (Å²) in [5.74, 6) is -0.723. The smallest absolute Gasteiger partial charge is 0.408 e. The van der Waals surface area contributed by atoms with Gasteiger partial charge in [0.25, 0.3) is 0 Å². The fourth-order valence-electron chi connectivity index (χ4n) is 3.20. The number of carbonyl (C=O) groups excluding carboxylic acids is 3. The first-order chi connectivity index (χ1) is 14.5. The number of ether oxygens (including phenoxy) is 1. The third-order valence-electron chi connectivity index (χ3n) is 4.36. The first-order valence-electron chi connectivity index (χ1n) is 10.9. The number of hydrogen-bond donors (Lipinski definition) is 3. The molecule has 8 heteroatoms. The highest BCUT2D eigenvalue weighted by molar-refractivity contribution is 5.92. The first-order valence-corrected chi connectivity index (χ1v) is 10.9. The molecule has 1 aromatic rings. The van der Waals surface area contributed by atoms with Crippen molar-refractivity contribution in [1.29, 1.82) is 0 Å². The lowest BCUT2D eigenvalue weighted by molar-refractivity contribution is -0.141. The van der Waals surface area contributed by atoms with Gasteiger partial charge in [-0.3, -0.25) is 9.59 Å². The molecule has 0 aromatic heterocycles. The number of carbonyl (C=O) groups is 3. The van der Waals surface area contributed by atoms with Gasteiger partial charge in [0.15, 0.2) is 0 Å². The number of nitrogens with zero attached hydrogens (tertiary/aromatic N) is 1. The largest absolute Gasteiger partial charge is 0.508 e. The van der Waals surface area contributed by atoms with Gasteiger partial charge in [-0.25, -0.2) is 4.79 Å². The Labute approximate surface area is 191 Å². The van der Waals surface area contributed by atoms with Crippen LogP contribution in [0.15, 0.2) is 24.3 Å². The van der Waals surface area contributed by atoms with Gasteiger partial charge in [0.1, 0.15) is 23.4 Å². The number of likely N-dealkylation sites (N-methyl/N-ethyl adjacent to an activating group) is 1. The molecule has 0 aliphatic rings. The van der Waals surface area contributed by atoms with E-state index in [2.05, 4.69) is 10.6 Å². The molecule has 2 atom stereocenters. The Morgan fingerprint density at radius 1 is 1.09 bits per heavy atom. The molecule has 0 saturated carbocycles. The first kappa shape index (κ1) is 27.3. The summed E-state index contributed by atoms with van der Waals surface area (Å²) >= 11 is 0. The van der Waals surface area contributed by atoms with Crippen LogP contribution in [-0.4, -0.2) is 52.1 Å². The van der Waals surface area contributed by atoms with Gasteiger partial charge in [0, 0.05) is 12.6 Å². The van der Waals surface area contributed by atoms with Crippen molar-refractivity contribution < 1.29 is 24.2 Å². The van der Waals surface area contributed by atoms with Crippen LogP contribution in [0.3, 0.4) is 0 Å². The highest BCUT2D eigenvalue weighted by Crippen LogP contribution is 2.25. The molecule has 0 aliphatic heterocycles. The summed E-state index contributed by atoms with van der Waals surface area (Å²) in [5.41, 5.74) is -0.775. The molecule has 8 nitrogen and oxygen atoms in total. The zero-order valence-electron chi connectivity index (χ0n) is 20.8. The molecule has 0 radical (unpaired) electrons. The van der Waals surface area contributed by atoms with Crippen molar-refractivity contribution in [1.82, 2.24) is 15.5 Å². The third-order valence-corrected chi connectivity index (χ3v) is 4.36. The van der Waals surface area contributed by atoms with Crippen LogP contribution in [0.4, 0.5) is 4.79 Å². The van der Waals surface area contributed by atoms with Crippen LogP contribution >= 0.6 is 0 Å². The quantitative estimate of drug-likeness (QED) is 0.588. The molecule has 1 aromatic carbocycles. The van der Waals surface area contributed by atoms with Crippen LogP contribution in [0.5, 0.6) is 5.75 Å². The molecule has 32 heavy (non-hydrogen) atoms. The fourth-order valence-corrected chi connectivity index (χ4v) is 3.20. The zero-order valence-corrected chi connectivity index (χ0v) is 20.8. The molecule has 3 N–H and O–H groups in total. The lowest BCUT2D eigenvalue weighted by Gasteiger charge is -2.34. The van der Waals surface area contributed by atoms with Crippen LogP contribution < -0.4 is 10.6 Å². The Balaban J connectivity index is 3.27. The minimum atomic E-state index is -0.996. The zero-order chi connectivity index (χ0) is 24.9. The van der Waals surface area contributed by atoms with Crippen LogP contribution in [0.25, 0.3) is 0 Å². The number of benzene rings is 1. The molecule has 0 aliphatic carbocycles. The van der Waals surface area contributed by atoms with E-state index in [0.717, 1.165) is 0 Å². The fraction of sp³-hybridized carbons (Fsp3) is 0.625. The van der Waals surface area contributed by atoms with Crippen molar-refractivity contribution >= 4 is 17.9 Å². The van der Waals surface area contributed by atoms with E-state index in [4.69, 9.17) is 4.74 Å². The van der Waals surface area contributed by atoms with Crippen molar-refractivity contribution in [2.24, 2.45) is 5.92 Å². The van der Waals surface area contributed by atoms with E-state index in [1.54, 1.807) is 32.9 Å². The lowest BCUT2D eigenvalue weighted by atomic mass is 9.99. The van der Waals surface area contributed by atoms with Gasteiger partial charge < -0.3 is 25.4 Å². The van der Waals surface area contributed by atoms with Gasteiger partial charge in [-0.2, -0.15) is 0 Å². The lowest BCUT2D eigenvalue weighted by Crippen LogP contribution is -2.53. The van der Waals surface area contributed by atoms with E-state index in [1.165, 1.54) is 24.1 Å². The van der Waals surface area contributed by atoms with Crippen molar-refractivity contribution in [3.8, 4) is 5.75 Å². The van der Waals surface area contributed by atoms with E-state index in [0.29, 0.717) is 12.0 Å². The summed E-state index contributed by atoms with van der Waals surface area (Å²) < 4.78 is 5.32. The normalized spacial score (nSPS) is 13.8. The van der Waals surface area contributed by atoms with Crippen LogP contribution in [-0.2, 0) is 14.3 Å². The van der Waals surface area contributed by atoms with E-state index in [9.17, 15) is 19.5 Å². The van der Waals surface area contributed by atoms with Crippen molar-refractivity contribution in [2.45, 2.75) is 85.0 Å². The van der Waals surface area contributed by atoms with Gasteiger partial charge >= 0.3 is 6.09 Å². The number of phenols is 1. The minimum Gasteiger partial charge on any atom is -0.508 e. The van der Waals surface area contributed by atoms with Gasteiger partial charge in [-0.15, -0.1) is 0 Å². The standard InChI is InChI=1S/C24H39N3O5/c1-15(2)13-18(25-22(31)32-24(6,7)8)21(30)27(9)19(20(29)26-23(3,4)5)16-11-10-12-17(28)14-16/h10-12,14-15,18-19,28H,13H2,1-9H3,(H,25,31)(H,26,29). The van der Waals surface area contributed by atoms with E-state index < -0.39 is 35.2 Å². The van der Waals surface area contributed by atoms with Crippen molar-refractivity contribution in [3.05, 3.63) is 29.8 Å². The van der Waals surface area contributed by atoms with E-state index in [-0.39, 0.29) is 17.6 Å². The number of alkyl carbamates (subject to hydrolysis) is 1. The monoisotopic (exact) mass is 449 g/mol. The highest BCUT2D eigenvalue weighted by Gasteiger charge is 2.35. The predicted octanol–water partition coefficient (Wildman–Crippen LogP) is 3.75. The molecule has 1 rings (SSSR count).